The van der Waals surface area contributed by atoms with Crippen molar-refractivity contribution in [3.8, 4) is 11.6 Å². The van der Waals surface area contributed by atoms with Gasteiger partial charge in [0.05, 0.1) is 6.61 Å². The third-order valence-electron chi connectivity index (χ3n) is 3.76. The number of para-hydroxylation sites is 1. The summed E-state index contributed by atoms with van der Waals surface area (Å²) in [7, 11) is 0. The van der Waals surface area contributed by atoms with Crippen LogP contribution in [0.15, 0.2) is 30.3 Å². The Bertz CT molecular complexity index is 693. The number of phenols is 1. The molecule has 1 aromatic carbocycles. The molecule has 0 unspecified atom stereocenters. The second-order valence-corrected chi connectivity index (χ2v) is 5.31. The molecule has 2 aromatic rings. The molecule has 8 nitrogen and oxygen atoms in total. The lowest BCUT2D eigenvalue weighted by atomic mass is 9.99. The summed E-state index contributed by atoms with van der Waals surface area (Å²) in [6.45, 7) is -0.545. The van der Waals surface area contributed by atoms with E-state index in [1.165, 1.54) is 12.1 Å². The standard InChI is InChI=1S/C15H17NO7/c17-6-9-12(19)13(20)14(21)15(22-9)23-10-5-4-7-2-1-3-8(18)11(7)16-10/h1-5,9,12-15,17-21H,6H2/t9-,12-,13+,14-,15+/m1/s1. The number of nitrogens with zero attached hydrogens (tertiary/aromatic N) is 1. The number of pyridine rings is 1. The first-order valence-electron chi connectivity index (χ1n) is 7.07. The van der Waals surface area contributed by atoms with Crippen molar-refractivity contribution in [2.75, 3.05) is 6.61 Å². The highest BCUT2D eigenvalue weighted by Gasteiger charge is 2.44. The Hall–Kier alpha value is -1.97. The average Bonchev–Trinajstić information content (AvgIpc) is 2.56. The van der Waals surface area contributed by atoms with Crippen LogP contribution in [0.1, 0.15) is 0 Å². The molecule has 3 rings (SSSR count). The maximum absolute atomic E-state index is 9.93. The van der Waals surface area contributed by atoms with E-state index in [1.54, 1.807) is 18.2 Å². The van der Waals surface area contributed by atoms with Crippen LogP contribution in [-0.2, 0) is 4.74 Å². The van der Waals surface area contributed by atoms with Crippen molar-refractivity contribution in [3.05, 3.63) is 30.3 Å². The number of ether oxygens (including phenoxy) is 2. The van der Waals surface area contributed by atoms with Gasteiger partial charge in [0.2, 0.25) is 12.2 Å². The van der Waals surface area contributed by atoms with Crippen LogP contribution in [0, 0.1) is 0 Å². The monoisotopic (exact) mass is 323 g/mol. The lowest BCUT2D eigenvalue weighted by molar-refractivity contribution is -0.278. The molecule has 1 saturated heterocycles. The molecule has 124 valence electrons. The van der Waals surface area contributed by atoms with Gasteiger partial charge in [-0.05, 0) is 12.1 Å². The normalized spacial score (nSPS) is 31.2. The van der Waals surface area contributed by atoms with Gasteiger partial charge in [-0.2, -0.15) is 0 Å². The fourth-order valence-electron chi connectivity index (χ4n) is 2.46. The van der Waals surface area contributed by atoms with Crippen molar-refractivity contribution >= 4 is 10.9 Å². The Balaban J connectivity index is 1.84. The maximum atomic E-state index is 9.93. The molecular weight excluding hydrogens is 306 g/mol. The summed E-state index contributed by atoms with van der Waals surface area (Å²) in [5.74, 6) is 0.0325. The number of aromatic hydroxyl groups is 1. The van der Waals surface area contributed by atoms with Crippen molar-refractivity contribution in [1.82, 2.24) is 4.98 Å². The summed E-state index contributed by atoms with van der Waals surface area (Å²) >= 11 is 0. The lowest BCUT2D eigenvalue weighted by Gasteiger charge is -2.39. The smallest absolute Gasteiger partial charge is 0.231 e. The molecular formula is C15H17NO7. The molecule has 2 heterocycles. The van der Waals surface area contributed by atoms with Crippen molar-refractivity contribution < 1.29 is 35.0 Å². The van der Waals surface area contributed by atoms with Gasteiger partial charge in [-0.25, -0.2) is 4.98 Å². The number of hydrogen-bond donors (Lipinski definition) is 5. The molecule has 1 aliphatic heterocycles. The second kappa shape index (κ2) is 6.26. The third kappa shape index (κ3) is 2.94. The predicted octanol–water partition coefficient (Wildman–Crippen LogP) is -0.881. The van der Waals surface area contributed by atoms with E-state index in [9.17, 15) is 20.4 Å². The highest BCUT2D eigenvalue weighted by atomic mass is 16.7. The maximum Gasteiger partial charge on any atom is 0.231 e. The molecule has 0 spiro atoms. The number of fused-ring (bicyclic) bond motifs is 1. The summed E-state index contributed by atoms with van der Waals surface area (Å²) in [4.78, 5) is 4.13. The summed E-state index contributed by atoms with van der Waals surface area (Å²) in [5.41, 5.74) is 0.314. The Kier molecular flexibility index (Phi) is 4.33. The molecule has 23 heavy (non-hydrogen) atoms. The van der Waals surface area contributed by atoms with Gasteiger partial charge in [0.15, 0.2) is 0 Å². The van der Waals surface area contributed by atoms with Crippen LogP contribution < -0.4 is 4.74 Å². The minimum Gasteiger partial charge on any atom is -0.506 e. The van der Waals surface area contributed by atoms with Crippen LogP contribution in [0.2, 0.25) is 0 Å². The first-order valence-corrected chi connectivity index (χ1v) is 7.07. The summed E-state index contributed by atoms with van der Waals surface area (Å²) < 4.78 is 10.6. The topological polar surface area (TPSA) is 132 Å². The van der Waals surface area contributed by atoms with E-state index in [0.717, 1.165) is 0 Å². The van der Waals surface area contributed by atoms with E-state index in [4.69, 9.17) is 14.6 Å². The highest BCUT2D eigenvalue weighted by molar-refractivity contribution is 5.84. The first kappa shape index (κ1) is 15.9. The first-order chi connectivity index (χ1) is 11.0. The molecule has 1 aromatic heterocycles. The van der Waals surface area contributed by atoms with Gasteiger partial charge in [0.1, 0.15) is 35.7 Å². The fraction of sp³-hybridized carbons (Fsp3) is 0.400. The van der Waals surface area contributed by atoms with Gasteiger partial charge < -0.3 is 35.0 Å². The molecule has 0 aliphatic carbocycles. The number of aliphatic hydroxyl groups is 4. The van der Waals surface area contributed by atoms with Gasteiger partial charge in [0.25, 0.3) is 0 Å². The minimum absolute atomic E-state index is 0.0262. The van der Waals surface area contributed by atoms with Gasteiger partial charge in [-0.15, -0.1) is 0 Å². The van der Waals surface area contributed by atoms with Gasteiger partial charge in [-0.3, -0.25) is 0 Å². The summed E-state index contributed by atoms with van der Waals surface area (Å²) in [6, 6.07) is 8.11. The Morgan fingerprint density at radius 2 is 1.83 bits per heavy atom. The summed E-state index contributed by atoms with van der Waals surface area (Å²) in [5, 5.41) is 49.0. The summed E-state index contributed by atoms with van der Waals surface area (Å²) in [6.07, 6.45) is -6.88. The van der Waals surface area contributed by atoms with Gasteiger partial charge in [-0.1, -0.05) is 12.1 Å². The van der Waals surface area contributed by atoms with E-state index in [-0.39, 0.29) is 11.6 Å². The van der Waals surface area contributed by atoms with Crippen LogP contribution in [0.4, 0.5) is 0 Å². The van der Waals surface area contributed by atoms with E-state index in [1.807, 2.05) is 0 Å². The number of benzene rings is 1. The largest absolute Gasteiger partial charge is 0.506 e. The Morgan fingerprint density at radius 3 is 2.57 bits per heavy atom. The minimum atomic E-state index is -1.53. The van der Waals surface area contributed by atoms with Crippen molar-refractivity contribution in [2.45, 2.75) is 30.7 Å². The van der Waals surface area contributed by atoms with Gasteiger partial charge in [0, 0.05) is 11.5 Å². The van der Waals surface area contributed by atoms with Crippen molar-refractivity contribution in [1.29, 1.82) is 0 Å². The van der Waals surface area contributed by atoms with E-state index in [0.29, 0.717) is 10.9 Å². The Morgan fingerprint density at radius 1 is 1.04 bits per heavy atom. The van der Waals surface area contributed by atoms with E-state index in [2.05, 4.69) is 4.98 Å². The number of hydrogen-bond acceptors (Lipinski definition) is 8. The molecule has 1 aliphatic rings. The molecule has 5 N–H and O–H groups in total. The predicted molar refractivity (Wildman–Crippen MR) is 77.8 cm³/mol. The molecule has 8 heteroatoms. The molecule has 1 fully saturated rings. The third-order valence-corrected chi connectivity index (χ3v) is 3.76. The molecule has 0 radical (unpaired) electrons. The fourth-order valence-corrected chi connectivity index (χ4v) is 2.46. The quantitative estimate of drug-likeness (QED) is 0.492. The van der Waals surface area contributed by atoms with E-state index < -0.39 is 37.3 Å². The zero-order valence-corrected chi connectivity index (χ0v) is 12.0. The Labute approximate surface area is 131 Å². The zero-order valence-electron chi connectivity index (χ0n) is 12.0. The van der Waals surface area contributed by atoms with Crippen molar-refractivity contribution in [3.63, 3.8) is 0 Å². The second-order valence-electron chi connectivity index (χ2n) is 5.31. The average molecular weight is 323 g/mol. The lowest BCUT2D eigenvalue weighted by Crippen LogP contribution is -2.60. The van der Waals surface area contributed by atoms with Crippen LogP contribution in [0.3, 0.4) is 0 Å². The van der Waals surface area contributed by atoms with E-state index >= 15 is 0 Å². The van der Waals surface area contributed by atoms with Crippen molar-refractivity contribution in [2.24, 2.45) is 0 Å². The van der Waals surface area contributed by atoms with Crippen LogP contribution in [-0.4, -0.2) is 67.8 Å². The number of aromatic nitrogens is 1. The molecule has 0 amide bonds. The van der Waals surface area contributed by atoms with Crippen LogP contribution in [0.25, 0.3) is 10.9 Å². The molecule has 5 atom stereocenters. The van der Waals surface area contributed by atoms with Crippen LogP contribution >= 0.6 is 0 Å². The van der Waals surface area contributed by atoms with Crippen LogP contribution in [0.5, 0.6) is 11.6 Å². The number of phenolic OH excluding ortho intramolecular Hbond substituents is 1. The number of rotatable bonds is 3. The number of aliphatic hydroxyl groups excluding tert-OH is 4. The van der Waals surface area contributed by atoms with Gasteiger partial charge >= 0.3 is 0 Å². The molecule has 0 saturated carbocycles. The zero-order chi connectivity index (χ0) is 16.6. The SMILES string of the molecule is OC[C@H]1O[C@@H](Oc2ccc3cccc(O)c3n2)[C@H](O)[C@@H](O)[C@@H]1O. The highest BCUT2D eigenvalue weighted by Crippen LogP contribution is 2.27. The molecule has 0 bridgehead atoms.